The van der Waals surface area contributed by atoms with Crippen molar-refractivity contribution in [3.63, 3.8) is 0 Å². The summed E-state index contributed by atoms with van der Waals surface area (Å²) in [6.45, 7) is 22.7. The van der Waals surface area contributed by atoms with Gasteiger partial charge in [-0.1, -0.05) is 155 Å². The fourth-order valence-corrected chi connectivity index (χ4v) is 8.84. The van der Waals surface area contributed by atoms with E-state index in [0.717, 1.165) is 38.8 Å². The van der Waals surface area contributed by atoms with Gasteiger partial charge in [0, 0.05) is 76.9 Å². The number of unbranched alkanes of at least 4 members (excludes halogenated alkanes) is 22. The van der Waals surface area contributed by atoms with Crippen molar-refractivity contribution in [2.75, 3.05) is 13.1 Å². The Hall–Kier alpha value is -2.41. The molecule has 2 aromatic rings. The number of carbonyl (C=O) groups excluding carboxylic acids is 1. The quantitative estimate of drug-likeness (QED) is 0.0303. The van der Waals surface area contributed by atoms with Crippen molar-refractivity contribution in [1.82, 2.24) is 4.90 Å². The molecule has 0 saturated heterocycles. The summed E-state index contributed by atoms with van der Waals surface area (Å²) in [7, 11) is -21.3. The van der Waals surface area contributed by atoms with Crippen molar-refractivity contribution in [3.05, 3.63) is 58.2 Å². The van der Waals surface area contributed by atoms with Gasteiger partial charge in [0.05, 0.1) is 0 Å². The van der Waals surface area contributed by atoms with E-state index in [1.165, 1.54) is 188 Å². The molecule has 2 aromatic heterocycles. The molecule has 0 atom stereocenters. The van der Waals surface area contributed by atoms with Gasteiger partial charge in [-0.2, -0.15) is 9.13 Å². The number of aromatic nitrogens is 2. The van der Waals surface area contributed by atoms with Crippen molar-refractivity contribution in [2.24, 2.45) is 0 Å². The van der Waals surface area contributed by atoms with Gasteiger partial charge in [0.2, 0.25) is 0 Å². The number of nitrogens with zero attached hydrogens (tertiary/aromatic N) is 3. The molecule has 0 unspecified atom stereocenters. The minimum absolute atomic E-state index is 0.183. The molecular weight excluding hydrogens is 1000 g/mol. The first-order chi connectivity index (χ1) is 32.8. The second-order valence-corrected chi connectivity index (χ2v) is 24.8. The molecule has 0 aliphatic carbocycles. The summed E-state index contributed by atoms with van der Waals surface area (Å²) < 4.78 is 129. The van der Waals surface area contributed by atoms with Gasteiger partial charge in [-0.05, 0) is 58.6 Å². The zero-order chi connectivity index (χ0) is 55.3. The van der Waals surface area contributed by atoms with Crippen LogP contribution in [0.5, 0.6) is 0 Å². The second-order valence-electron chi connectivity index (χ2n) is 21.0. The van der Waals surface area contributed by atoms with E-state index in [0.29, 0.717) is 13.1 Å². The van der Waals surface area contributed by atoms with Gasteiger partial charge >= 0.3 is 72.1 Å². The summed E-state index contributed by atoms with van der Waals surface area (Å²) in [5, 5.41) is 0. The van der Waals surface area contributed by atoms with Crippen LogP contribution in [0.1, 0.15) is 235 Å². The molecule has 0 spiro atoms. The molecule has 0 aliphatic rings. The Morgan fingerprint density at radius 1 is 0.444 bits per heavy atom. The van der Waals surface area contributed by atoms with E-state index in [1.807, 2.05) is 25.7 Å². The van der Waals surface area contributed by atoms with Crippen LogP contribution in [0.3, 0.4) is 0 Å². The summed E-state index contributed by atoms with van der Waals surface area (Å²) in [4.78, 5) is 15.6. The molecule has 1 amide bonds. The van der Waals surface area contributed by atoms with Gasteiger partial charge in [-0.3, -0.25) is 0 Å². The molecule has 428 valence electrons. The molecule has 0 aliphatic heterocycles. The molecule has 0 N–H and O–H groups in total. The first kappa shape index (κ1) is 69.6. The van der Waals surface area contributed by atoms with Crippen LogP contribution in [-0.2, 0) is 30.7 Å². The van der Waals surface area contributed by atoms with E-state index in [1.54, 1.807) is 0 Å². The number of aryl methyl sites for hydroxylation is 6. The fraction of sp³-hybridized carbons (Fsp3) is 0.792. The number of ether oxygens (including phenoxy) is 1. The molecule has 0 radical (unpaired) electrons. The Bertz CT molecular complexity index is 1680. The average molecular weight is 1100 g/mol. The van der Waals surface area contributed by atoms with Crippen LogP contribution < -0.4 is 9.13 Å². The Morgan fingerprint density at radius 3 is 0.944 bits per heavy atom. The van der Waals surface area contributed by atoms with Crippen molar-refractivity contribution in [1.29, 1.82) is 0 Å². The van der Waals surface area contributed by atoms with E-state index in [2.05, 4.69) is 74.9 Å². The monoisotopic (exact) mass is 1100 g/mol. The molecule has 2 rings (SSSR count). The van der Waals surface area contributed by atoms with Crippen molar-refractivity contribution in [2.45, 2.75) is 261 Å². The first-order valence-electron chi connectivity index (χ1n) is 27.0. The van der Waals surface area contributed by atoms with Gasteiger partial charge in [0.25, 0.3) is 0 Å². The van der Waals surface area contributed by atoms with Gasteiger partial charge in [-0.15, -0.1) is 0 Å². The molecule has 0 saturated carbocycles. The summed E-state index contributed by atoms with van der Waals surface area (Å²) >= 11 is 0. The normalized spacial score (nSPS) is 14.0. The SMILES string of the molecule is CCCCCCCCCCCCCCc1cc(C)cc(C)[n+]1CCCN(CCC[n+]1c(C)cc(C)cc1CCCCCCCCCCCCCC)C(=O)OC(C)(C)C.F[P-](F)(F)(F)(F)F.F[P-](F)(F)(F)(F)F. The standard InChI is InChI=1S/C53H95N3O2.2F6P/c1-10-12-14-16-18-20-22-24-26-28-30-32-36-50-44-46(3)42-48(5)55(50)40-34-38-54(52(57)58-53(7,8)9)39-35-41-56-49(6)43-47(4)45-51(56)37-33-31-29-27-25-23-21-19-17-15-13-11-2;2*1-7(2,3,4,5)6/h42-45H,10-41H2,1-9H3;;/q+2;2*-1. The third-order valence-corrected chi connectivity index (χ3v) is 12.1. The molecule has 19 heteroatoms. The Balaban J connectivity index is 0.00000312. The first-order valence-corrected chi connectivity index (χ1v) is 31.0. The summed E-state index contributed by atoms with van der Waals surface area (Å²) in [6.07, 6.45) is 37.0. The Labute approximate surface area is 426 Å². The van der Waals surface area contributed by atoms with E-state index in [4.69, 9.17) is 4.74 Å². The van der Waals surface area contributed by atoms with Crippen molar-refractivity contribution in [3.8, 4) is 0 Å². The second kappa shape index (κ2) is 31.0. The number of halogens is 12. The van der Waals surface area contributed by atoms with Crippen molar-refractivity contribution >= 4 is 21.7 Å². The molecule has 0 bridgehead atoms. The zero-order valence-corrected chi connectivity index (χ0v) is 47.3. The maximum atomic E-state index is 13.6. The molecule has 5 nitrogen and oxygen atoms in total. The van der Waals surface area contributed by atoms with E-state index in [9.17, 15) is 55.2 Å². The summed E-state index contributed by atoms with van der Waals surface area (Å²) in [6, 6.07) is 9.42. The van der Waals surface area contributed by atoms with E-state index >= 15 is 0 Å². The topological polar surface area (TPSA) is 37.3 Å². The predicted molar refractivity (Wildman–Crippen MR) is 276 cm³/mol. The third-order valence-electron chi connectivity index (χ3n) is 12.1. The summed E-state index contributed by atoms with van der Waals surface area (Å²) in [5.41, 5.74) is 7.72. The van der Waals surface area contributed by atoms with Crippen LogP contribution in [0.4, 0.5) is 55.2 Å². The third kappa shape index (κ3) is 48.5. The minimum atomic E-state index is -10.7. The molecule has 0 aromatic carbocycles. The summed E-state index contributed by atoms with van der Waals surface area (Å²) in [5.74, 6) is 0. The number of hydrogen-bond donors (Lipinski definition) is 0. The number of amides is 1. The average Bonchev–Trinajstić information content (AvgIpc) is 3.19. The zero-order valence-electron chi connectivity index (χ0n) is 45.5. The van der Waals surface area contributed by atoms with Gasteiger partial charge in [0.15, 0.2) is 35.9 Å². The van der Waals surface area contributed by atoms with Crippen LogP contribution >= 0.6 is 15.6 Å². The molecule has 72 heavy (non-hydrogen) atoms. The molecular formula is C53H95F12N3O2P2. The van der Waals surface area contributed by atoms with Crippen LogP contribution in [0.15, 0.2) is 24.3 Å². The molecule has 2 heterocycles. The Morgan fingerprint density at radius 2 is 0.694 bits per heavy atom. The van der Waals surface area contributed by atoms with Gasteiger partial charge in [-0.25, -0.2) is 4.79 Å². The molecule has 0 fully saturated rings. The number of rotatable bonds is 34. The Kier molecular flexibility index (Phi) is 29.9. The van der Waals surface area contributed by atoms with E-state index < -0.39 is 21.2 Å². The maximum absolute atomic E-state index is 13.6. The van der Waals surface area contributed by atoms with Crippen molar-refractivity contribution < 1.29 is 69.0 Å². The predicted octanol–water partition coefficient (Wildman–Crippen LogP) is 21.5. The van der Waals surface area contributed by atoms with Crippen LogP contribution in [0.2, 0.25) is 0 Å². The number of carbonyl (C=O) groups is 1. The number of pyridine rings is 2. The number of hydrogen-bond acceptors (Lipinski definition) is 2. The van der Waals surface area contributed by atoms with Crippen LogP contribution in [0, 0.1) is 27.7 Å². The van der Waals surface area contributed by atoms with Crippen LogP contribution in [-0.4, -0.2) is 29.7 Å². The fourth-order valence-electron chi connectivity index (χ4n) is 8.84. The van der Waals surface area contributed by atoms with Gasteiger partial charge in [0.1, 0.15) is 5.60 Å². The van der Waals surface area contributed by atoms with Gasteiger partial charge < -0.3 is 9.64 Å². The van der Waals surface area contributed by atoms with Crippen LogP contribution in [0.25, 0.3) is 0 Å². The van der Waals surface area contributed by atoms with E-state index in [-0.39, 0.29) is 6.09 Å².